The second-order valence-corrected chi connectivity index (χ2v) is 9.22. The van der Waals surface area contributed by atoms with E-state index >= 15 is 0 Å². The smallest absolute Gasteiger partial charge is 0.322 e. The molecule has 2 aromatic carbocycles. The fourth-order valence-electron chi connectivity index (χ4n) is 3.52. The Balaban J connectivity index is 1.75. The van der Waals surface area contributed by atoms with Crippen molar-refractivity contribution >= 4 is 16.0 Å². The molecule has 10 heteroatoms. The van der Waals surface area contributed by atoms with Crippen LogP contribution in [0.2, 0.25) is 0 Å². The van der Waals surface area contributed by atoms with E-state index in [0.717, 1.165) is 4.31 Å². The summed E-state index contributed by atoms with van der Waals surface area (Å²) < 4.78 is 44.1. The number of carboxylic acid groups (broad SMARTS) is 1. The summed E-state index contributed by atoms with van der Waals surface area (Å²) in [6.07, 6.45) is 3.04. The summed E-state index contributed by atoms with van der Waals surface area (Å²) in [6, 6.07) is 12.8. The molecule has 0 saturated carbocycles. The number of aromatic nitrogens is 1. The molecule has 1 N–H and O–H groups in total. The number of pyridine rings is 1. The second kappa shape index (κ2) is 9.47. The summed E-state index contributed by atoms with van der Waals surface area (Å²) in [5.41, 5.74) is 1.22. The highest BCUT2D eigenvalue weighted by molar-refractivity contribution is 7.89. The average Bonchev–Trinajstić information content (AvgIpc) is 3.29. The lowest BCUT2D eigenvalue weighted by Gasteiger charge is -2.28. The molecule has 1 aliphatic rings. The first-order chi connectivity index (χ1) is 15.9. The van der Waals surface area contributed by atoms with Crippen molar-refractivity contribution in [2.24, 2.45) is 0 Å². The molecule has 2 heterocycles. The van der Waals surface area contributed by atoms with Crippen LogP contribution in [0.5, 0.6) is 17.2 Å². The van der Waals surface area contributed by atoms with E-state index in [2.05, 4.69) is 4.98 Å². The van der Waals surface area contributed by atoms with Gasteiger partial charge >= 0.3 is 5.97 Å². The summed E-state index contributed by atoms with van der Waals surface area (Å²) in [7, 11) is -2.72. The van der Waals surface area contributed by atoms with Gasteiger partial charge in [-0.2, -0.15) is 4.31 Å². The van der Waals surface area contributed by atoms with Crippen LogP contribution in [0.3, 0.4) is 0 Å². The van der Waals surface area contributed by atoms with Gasteiger partial charge in [0, 0.05) is 18.9 Å². The number of aliphatic carboxylic acids is 1. The highest BCUT2D eigenvalue weighted by Crippen LogP contribution is 2.34. The van der Waals surface area contributed by atoms with Gasteiger partial charge in [0.15, 0.2) is 11.5 Å². The SMILES string of the molecule is COc1ccc(S(=O)(=O)N(Cc2ccc3c(c2)OCO3)[C@H](Cc2ccncc2)C(=O)O)cc1. The zero-order chi connectivity index (χ0) is 23.4. The van der Waals surface area contributed by atoms with Crippen molar-refractivity contribution in [1.82, 2.24) is 9.29 Å². The normalized spacial score (nSPS) is 13.6. The van der Waals surface area contributed by atoms with Gasteiger partial charge in [-0.3, -0.25) is 9.78 Å². The number of hydrogen-bond donors (Lipinski definition) is 1. The average molecular weight is 471 g/mol. The molecule has 0 aliphatic carbocycles. The van der Waals surface area contributed by atoms with Gasteiger partial charge in [-0.25, -0.2) is 8.42 Å². The third-order valence-corrected chi connectivity index (χ3v) is 7.12. The molecule has 1 aromatic heterocycles. The lowest BCUT2D eigenvalue weighted by molar-refractivity contribution is -0.141. The molecule has 4 rings (SSSR count). The number of hydrogen-bond acceptors (Lipinski definition) is 7. The molecular formula is C23H22N2O7S. The Bertz CT molecular complexity index is 1230. The second-order valence-electron chi connectivity index (χ2n) is 7.33. The maximum Gasteiger partial charge on any atom is 0.322 e. The number of methoxy groups -OCH3 is 1. The predicted octanol–water partition coefficient (Wildman–Crippen LogP) is 2.71. The van der Waals surface area contributed by atoms with Crippen LogP contribution in [0.25, 0.3) is 0 Å². The van der Waals surface area contributed by atoms with Crippen LogP contribution in [-0.2, 0) is 27.8 Å². The molecule has 0 radical (unpaired) electrons. The number of fused-ring (bicyclic) bond motifs is 1. The fraction of sp³-hybridized carbons (Fsp3) is 0.217. The molecule has 172 valence electrons. The van der Waals surface area contributed by atoms with Crippen molar-refractivity contribution in [2.45, 2.75) is 23.9 Å². The van der Waals surface area contributed by atoms with Crippen LogP contribution in [0.15, 0.2) is 71.9 Å². The van der Waals surface area contributed by atoms with E-state index < -0.39 is 22.0 Å². The maximum absolute atomic E-state index is 13.7. The molecule has 0 saturated heterocycles. The largest absolute Gasteiger partial charge is 0.497 e. The van der Waals surface area contributed by atoms with Crippen molar-refractivity contribution < 1.29 is 32.5 Å². The van der Waals surface area contributed by atoms with Crippen LogP contribution >= 0.6 is 0 Å². The Morgan fingerprint density at radius 3 is 2.42 bits per heavy atom. The van der Waals surface area contributed by atoms with Gasteiger partial charge < -0.3 is 19.3 Å². The molecule has 0 spiro atoms. The third-order valence-electron chi connectivity index (χ3n) is 5.25. The van der Waals surface area contributed by atoms with Crippen LogP contribution in [0.1, 0.15) is 11.1 Å². The summed E-state index contributed by atoms with van der Waals surface area (Å²) >= 11 is 0. The van der Waals surface area contributed by atoms with Crippen LogP contribution in [-0.4, -0.2) is 48.7 Å². The van der Waals surface area contributed by atoms with Gasteiger partial charge in [0.05, 0.1) is 12.0 Å². The zero-order valence-electron chi connectivity index (χ0n) is 17.7. The molecule has 0 bridgehead atoms. The molecule has 0 amide bonds. The highest BCUT2D eigenvalue weighted by atomic mass is 32.2. The Labute approximate surface area is 191 Å². The van der Waals surface area contributed by atoms with E-state index in [0.29, 0.717) is 28.4 Å². The number of nitrogens with zero attached hydrogens (tertiary/aromatic N) is 2. The minimum Gasteiger partial charge on any atom is -0.497 e. The van der Waals surface area contributed by atoms with Crippen molar-refractivity contribution in [2.75, 3.05) is 13.9 Å². The molecule has 1 aliphatic heterocycles. The van der Waals surface area contributed by atoms with Gasteiger partial charge in [-0.15, -0.1) is 0 Å². The number of benzene rings is 2. The van der Waals surface area contributed by atoms with Crippen molar-refractivity contribution in [3.05, 3.63) is 78.1 Å². The number of carboxylic acids is 1. The predicted molar refractivity (Wildman–Crippen MR) is 118 cm³/mol. The first-order valence-electron chi connectivity index (χ1n) is 10.0. The first kappa shape index (κ1) is 22.6. The maximum atomic E-state index is 13.7. The summed E-state index contributed by atoms with van der Waals surface area (Å²) in [6.45, 7) is -0.0977. The summed E-state index contributed by atoms with van der Waals surface area (Å²) in [5.74, 6) is 0.262. The van der Waals surface area contributed by atoms with Crippen LogP contribution < -0.4 is 14.2 Å². The van der Waals surface area contributed by atoms with Crippen LogP contribution in [0, 0.1) is 0 Å². The Morgan fingerprint density at radius 1 is 1.06 bits per heavy atom. The van der Waals surface area contributed by atoms with Gasteiger partial charge in [0.25, 0.3) is 0 Å². The Kier molecular flexibility index (Phi) is 6.47. The third kappa shape index (κ3) is 4.91. The summed E-state index contributed by atoms with van der Waals surface area (Å²) in [5, 5.41) is 10.0. The van der Waals surface area contributed by atoms with E-state index in [9.17, 15) is 18.3 Å². The van der Waals surface area contributed by atoms with E-state index in [1.807, 2.05) is 0 Å². The monoisotopic (exact) mass is 470 g/mol. The number of sulfonamides is 1. The topological polar surface area (TPSA) is 115 Å². The molecule has 0 unspecified atom stereocenters. The van der Waals surface area contributed by atoms with E-state index in [4.69, 9.17) is 14.2 Å². The highest BCUT2D eigenvalue weighted by Gasteiger charge is 2.36. The number of ether oxygens (including phenoxy) is 3. The fourth-order valence-corrected chi connectivity index (χ4v) is 5.09. The van der Waals surface area contributed by atoms with E-state index in [1.165, 1.54) is 43.8 Å². The minimum absolute atomic E-state index is 0.0300. The Morgan fingerprint density at radius 2 is 1.76 bits per heavy atom. The quantitative estimate of drug-likeness (QED) is 0.508. The lowest BCUT2D eigenvalue weighted by atomic mass is 10.1. The summed E-state index contributed by atoms with van der Waals surface area (Å²) in [4.78, 5) is 16.2. The molecule has 1 atom stereocenters. The van der Waals surface area contributed by atoms with E-state index in [-0.39, 0.29) is 24.7 Å². The first-order valence-corrected chi connectivity index (χ1v) is 11.5. The van der Waals surface area contributed by atoms with Gasteiger partial charge in [0.1, 0.15) is 11.8 Å². The number of rotatable bonds is 9. The lowest BCUT2D eigenvalue weighted by Crippen LogP contribution is -2.45. The van der Waals surface area contributed by atoms with Crippen molar-refractivity contribution in [3.8, 4) is 17.2 Å². The standard InChI is InChI=1S/C23H22N2O7S/c1-30-18-3-5-19(6-4-18)33(28,29)25(14-17-2-7-21-22(13-17)32-15-31-21)20(23(26)27)12-16-8-10-24-11-9-16/h2-11,13,20H,12,14-15H2,1H3,(H,26,27)/t20-/m1/s1. The van der Waals surface area contributed by atoms with Crippen LogP contribution in [0.4, 0.5) is 0 Å². The molecule has 0 fully saturated rings. The molecule has 3 aromatic rings. The van der Waals surface area contributed by atoms with Gasteiger partial charge in [-0.1, -0.05) is 6.07 Å². The van der Waals surface area contributed by atoms with Crippen molar-refractivity contribution in [3.63, 3.8) is 0 Å². The van der Waals surface area contributed by atoms with Gasteiger partial charge in [-0.05, 0) is 66.1 Å². The number of carbonyl (C=O) groups is 1. The van der Waals surface area contributed by atoms with Gasteiger partial charge in [0.2, 0.25) is 16.8 Å². The minimum atomic E-state index is -4.19. The Hall–Kier alpha value is -3.63. The van der Waals surface area contributed by atoms with Crippen molar-refractivity contribution in [1.29, 1.82) is 0 Å². The molecule has 9 nitrogen and oxygen atoms in total. The molecule has 33 heavy (non-hydrogen) atoms. The van der Waals surface area contributed by atoms with E-state index in [1.54, 1.807) is 30.3 Å². The molecular weight excluding hydrogens is 448 g/mol. The zero-order valence-corrected chi connectivity index (χ0v) is 18.6.